The van der Waals surface area contributed by atoms with Gasteiger partial charge in [0.1, 0.15) is 23.3 Å². The van der Waals surface area contributed by atoms with Crippen LogP contribution in [-0.2, 0) is 13.7 Å². The minimum absolute atomic E-state index is 0.0985. The molecule has 1 aromatic heterocycles. The SMILES string of the molecule is CC(=O)c1cc([N+](=O)[O-])ccc1OCc1ncc(Cl)n1C. The van der Waals surface area contributed by atoms with E-state index in [-0.39, 0.29) is 29.4 Å². The molecule has 21 heavy (non-hydrogen) atoms. The fraction of sp³-hybridized carbons (Fsp3) is 0.231. The Hall–Kier alpha value is -2.41. The number of ketones is 1. The molecular formula is C13H12ClN3O4. The molecule has 110 valence electrons. The van der Waals surface area contributed by atoms with Crippen molar-refractivity contribution in [2.45, 2.75) is 13.5 Å². The number of rotatable bonds is 5. The Morgan fingerprint density at radius 3 is 2.76 bits per heavy atom. The summed E-state index contributed by atoms with van der Waals surface area (Å²) < 4.78 is 7.17. The van der Waals surface area contributed by atoms with E-state index < -0.39 is 4.92 Å². The number of carbonyl (C=O) groups excluding carboxylic acids is 1. The average molecular weight is 310 g/mol. The Kier molecular flexibility index (Phi) is 4.23. The third-order valence-electron chi connectivity index (χ3n) is 2.94. The van der Waals surface area contributed by atoms with Crippen molar-refractivity contribution in [1.82, 2.24) is 9.55 Å². The third kappa shape index (κ3) is 3.19. The second kappa shape index (κ2) is 5.92. The van der Waals surface area contributed by atoms with E-state index >= 15 is 0 Å². The van der Waals surface area contributed by atoms with Crippen LogP contribution in [0.5, 0.6) is 5.75 Å². The molecule has 0 amide bonds. The van der Waals surface area contributed by atoms with Crippen molar-refractivity contribution < 1.29 is 14.5 Å². The first-order valence-corrected chi connectivity index (χ1v) is 6.36. The molecule has 0 radical (unpaired) electrons. The van der Waals surface area contributed by atoms with Gasteiger partial charge in [0.25, 0.3) is 5.69 Å². The lowest BCUT2D eigenvalue weighted by molar-refractivity contribution is -0.384. The Labute approximate surface area is 125 Å². The Balaban J connectivity index is 2.25. The zero-order chi connectivity index (χ0) is 15.6. The maximum absolute atomic E-state index is 11.6. The summed E-state index contributed by atoms with van der Waals surface area (Å²) in [6.07, 6.45) is 1.49. The Morgan fingerprint density at radius 1 is 1.52 bits per heavy atom. The standard InChI is InChI=1S/C13H12ClN3O4/c1-8(18)10-5-9(17(19)20)3-4-11(10)21-7-13-15-6-12(14)16(13)2/h3-6H,7H2,1-2H3. The minimum atomic E-state index is -0.561. The number of Topliss-reactive ketones (excluding diaryl/α,β-unsaturated/α-hetero) is 1. The summed E-state index contributed by atoms with van der Waals surface area (Å²) in [6.45, 7) is 1.42. The van der Waals surface area contributed by atoms with Gasteiger partial charge in [0.05, 0.1) is 16.7 Å². The molecule has 2 aromatic rings. The van der Waals surface area contributed by atoms with Crippen molar-refractivity contribution in [3.8, 4) is 5.75 Å². The molecule has 0 aliphatic carbocycles. The van der Waals surface area contributed by atoms with Crippen LogP contribution < -0.4 is 4.74 Å². The Bertz CT molecular complexity index is 711. The molecule has 7 nitrogen and oxygen atoms in total. The maximum atomic E-state index is 11.6. The highest BCUT2D eigenvalue weighted by Crippen LogP contribution is 2.25. The number of ether oxygens (including phenoxy) is 1. The summed E-state index contributed by atoms with van der Waals surface area (Å²) >= 11 is 5.86. The largest absolute Gasteiger partial charge is 0.485 e. The van der Waals surface area contributed by atoms with E-state index in [0.29, 0.717) is 11.0 Å². The monoisotopic (exact) mass is 309 g/mol. The summed E-state index contributed by atoms with van der Waals surface area (Å²) in [7, 11) is 1.73. The van der Waals surface area contributed by atoms with Crippen LogP contribution in [0.4, 0.5) is 5.69 Å². The van der Waals surface area contributed by atoms with Crippen LogP contribution in [0, 0.1) is 10.1 Å². The van der Waals surface area contributed by atoms with Crippen LogP contribution >= 0.6 is 11.6 Å². The Morgan fingerprint density at radius 2 is 2.24 bits per heavy atom. The van der Waals surface area contributed by atoms with Gasteiger partial charge in [-0.3, -0.25) is 14.9 Å². The van der Waals surface area contributed by atoms with Crippen LogP contribution in [0.3, 0.4) is 0 Å². The molecule has 0 unspecified atom stereocenters. The van der Waals surface area contributed by atoms with Gasteiger partial charge in [-0.05, 0) is 13.0 Å². The number of nitro groups is 1. The van der Waals surface area contributed by atoms with E-state index in [2.05, 4.69) is 4.98 Å². The van der Waals surface area contributed by atoms with Gasteiger partial charge in [-0.2, -0.15) is 0 Å². The molecule has 0 atom stereocenters. The second-order valence-electron chi connectivity index (χ2n) is 4.34. The summed E-state index contributed by atoms with van der Waals surface area (Å²) in [5.41, 5.74) is -0.00269. The summed E-state index contributed by atoms with van der Waals surface area (Å²) in [4.78, 5) is 25.8. The lowest BCUT2D eigenvalue weighted by Crippen LogP contribution is -2.06. The van der Waals surface area contributed by atoms with Crippen LogP contribution in [0.15, 0.2) is 24.4 Å². The maximum Gasteiger partial charge on any atom is 0.270 e. The van der Waals surface area contributed by atoms with Crippen molar-refractivity contribution in [3.05, 3.63) is 51.1 Å². The van der Waals surface area contributed by atoms with E-state index in [9.17, 15) is 14.9 Å². The van der Waals surface area contributed by atoms with Gasteiger partial charge in [0, 0.05) is 19.2 Å². The first kappa shape index (κ1) is 15.0. The number of non-ortho nitro benzene ring substituents is 1. The van der Waals surface area contributed by atoms with Gasteiger partial charge in [-0.1, -0.05) is 11.6 Å². The van der Waals surface area contributed by atoms with E-state index in [4.69, 9.17) is 16.3 Å². The molecule has 0 fully saturated rings. The van der Waals surface area contributed by atoms with Crippen molar-refractivity contribution in [2.75, 3.05) is 0 Å². The van der Waals surface area contributed by atoms with E-state index in [0.717, 1.165) is 0 Å². The van der Waals surface area contributed by atoms with Crippen molar-refractivity contribution in [2.24, 2.45) is 7.05 Å². The lowest BCUT2D eigenvalue weighted by atomic mass is 10.1. The highest BCUT2D eigenvalue weighted by molar-refractivity contribution is 6.29. The molecule has 1 aromatic carbocycles. The minimum Gasteiger partial charge on any atom is -0.485 e. The van der Waals surface area contributed by atoms with Gasteiger partial charge in [-0.25, -0.2) is 4.98 Å². The van der Waals surface area contributed by atoms with E-state index in [1.165, 1.54) is 31.3 Å². The zero-order valence-electron chi connectivity index (χ0n) is 11.4. The predicted molar refractivity (Wildman–Crippen MR) is 75.7 cm³/mol. The normalized spacial score (nSPS) is 10.4. The molecule has 0 saturated carbocycles. The quantitative estimate of drug-likeness (QED) is 0.481. The van der Waals surface area contributed by atoms with Gasteiger partial charge < -0.3 is 9.30 Å². The summed E-state index contributed by atoms with van der Waals surface area (Å²) in [5, 5.41) is 11.2. The van der Waals surface area contributed by atoms with E-state index in [1.54, 1.807) is 11.6 Å². The highest BCUT2D eigenvalue weighted by atomic mass is 35.5. The number of carbonyl (C=O) groups is 1. The van der Waals surface area contributed by atoms with E-state index in [1.807, 2.05) is 0 Å². The second-order valence-corrected chi connectivity index (χ2v) is 4.73. The number of nitrogens with zero attached hydrogens (tertiary/aromatic N) is 3. The number of benzene rings is 1. The van der Waals surface area contributed by atoms with Crippen molar-refractivity contribution >= 4 is 23.1 Å². The van der Waals surface area contributed by atoms with Crippen LogP contribution in [0.1, 0.15) is 23.1 Å². The number of hydrogen-bond donors (Lipinski definition) is 0. The van der Waals surface area contributed by atoms with Gasteiger partial charge in [-0.15, -0.1) is 0 Å². The van der Waals surface area contributed by atoms with Crippen LogP contribution in [-0.4, -0.2) is 20.3 Å². The van der Waals surface area contributed by atoms with Crippen molar-refractivity contribution in [1.29, 1.82) is 0 Å². The fourth-order valence-corrected chi connectivity index (χ4v) is 1.88. The fourth-order valence-electron chi connectivity index (χ4n) is 1.73. The number of halogens is 1. The van der Waals surface area contributed by atoms with Crippen LogP contribution in [0.25, 0.3) is 0 Å². The zero-order valence-corrected chi connectivity index (χ0v) is 12.1. The molecule has 0 aliphatic rings. The lowest BCUT2D eigenvalue weighted by Gasteiger charge is -2.09. The highest BCUT2D eigenvalue weighted by Gasteiger charge is 2.16. The molecule has 0 saturated heterocycles. The van der Waals surface area contributed by atoms with Gasteiger partial charge in [0.15, 0.2) is 5.78 Å². The van der Waals surface area contributed by atoms with Gasteiger partial charge >= 0.3 is 0 Å². The summed E-state index contributed by atoms with van der Waals surface area (Å²) in [5.74, 6) is 0.534. The number of hydrogen-bond acceptors (Lipinski definition) is 5. The first-order chi connectivity index (χ1) is 9.90. The third-order valence-corrected chi connectivity index (χ3v) is 3.29. The topological polar surface area (TPSA) is 87.3 Å². The molecule has 2 rings (SSSR count). The average Bonchev–Trinajstić information content (AvgIpc) is 2.76. The number of imidazole rings is 1. The molecule has 8 heteroatoms. The number of nitro benzene ring substituents is 1. The molecular weight excluding hydrogens is 298 g/mol. The smallest absolute Gasteiger partial charge is 0.270 e. The molecule has 0 bridgehead atoms. The number of aromatic nitrogens is 2. The van der Waals surface area contributed by atoms with Crippen molar-refractivity contribution in [3.63, 3.8) is 0 Å². The predicted octanol–water partition coefficient (Wildman–Crippen LogP) is 2.76. The van der Waals surface area contributed by atoms with Crippen LogP contribution in [0.2, 0.25) is 5.15 Å². The van der Waals surface area contributed by atoms with Gasteiger partial charge in [0.2, 0.25) is 0 Å². The molecule has 0 spiro atoms. The summed E-state index contributed by atoms with van der Waals surface area (Å²) in [6, 6.07) is 3.88. The molecule has 0 aliphatic heterocycles. The molecule has 1 heterocycles. The first-order valence-electron chi connectivity index (χ1n) is 5.98. The molecule has 0 N–H and O–H groups in total.